The van der Waals surface area contributed by atoms with E-state index < -0.39 is 16.4 Å². The van der Waals surface area contributed by atoms with Gasteiger partial charge >= 0.3 is 5.69 Å². The van der Waals surface area contributed by atoms with E-state index in [0.29, 0.717) is 0 Å². The largest absolute Gasteiger partial charge is 0.357 e. The summed E-state index contributed by atoms with van der Waals surface area (Å²) in [5.74, 6) is -0.150. The van der Waals surface area contributed by atoms with Crippen molar-refractivity contribution in [2.24, 2.45) is 5.41 Å². The van der Waals surface area contributed by atoms with Crippen molar-refractivity contribution in [1.82, 2.24) is 10.3 Å². The number of carbonyl (C=O) groups is 1. The monoisotopic (exact) mass is 266 g/mol. The van der Waals surface area contributed by atoms with Gasteiger partial charge in [-0.15, -0.1) is 0 Å². The molecule has 2 N–H and O–H groups in total. The highest BCUT2D eigenvalue weighted by molar-refractivity contribution is 5.85. The first kappa shape index (κ1) is 14.9. The number of hydrogen-bond donors (Lipinski definition) is 2. The lowest BCUT2D eigenvalue weighted by atomic mass is 9.86. The minimum absolute atomic E-state index is 0.0935. The van der Waals surface area contributed by atoms with Gasteiger partial charge in [0.2, 0.25) is 11.7 Å². The van der Waals surface area contributed by atoms with E-state index in [0.717, 1.165) is 0 Å². The molecule has 1 rings (SSSR count). The molecule has 1 aromatic heterocycles. The van der Waals surface area contributed by atoms with E-state index in [1.165, 1.54) is 25.4 Å². The molecule has 0 aliphatic rings. The molecule has 0 saturated heterocycles. The van der Waals surface area contributed by atoms with Crippen LogP contribution in [0.5, 0.6) is 0 Å². The van der Waals surface area contributed by atoms with Crippen molar-refractivity contribution >= 4 is 17.4 Å². The number of nitrogens with zero attached hydrogens (tertiary/aromatic N) is 2. The fourth-order valence-corrected chi connectivity index (χ4v) is 1.61. The van der Waals surface area contributed by atoms with Crippen molar-refractivity contribution in [3.8, 4) is 0 Å². The van der Waals surface area contributed by atoms with E-state index in [2.05, 4.69) is 15.6 Å². The third-order valence-electron chi connectivity index (χ3n) is 2.64. The number of carbonyl (C=O) groups excluding carboxylic acids is 1. The molecule has 1 amide bonds. The maximum Gasteiger partial charge on any atom is 0.311 e. The van der Waals surface area contributed by atoms with Gasteiger partial charge in [0.25, 0.3) is 0 Å². The quantitative estimate of drug-likeness (QED) is 0.636. The average Bonchev–Trinajstić information content (AvgIpc) is 2.34. The molecule has 7 heteroatoms. The van der Waals surface area contributed by atoms with Gasteiger partial charge in [0, 0.05) is 19.3 Å². The molecule has 104 valence electrons. The number of pyridine rings is 1. The second-order valence-electron chi connectivity index (χ2n) is 5.19. The highest BCUT2D eigenvalue weighted by atomic mass is 16.6. The van der Waals surface area contributed by atoms with Crippen LogP contribution in [0.2, 0.25) is 0 Å². The number of aromatic nitrogens is 1. The maximum atomic E-state index is 11.9. The first-order valence-electron chi connectivity index (χ1n) is 5.85. The van der Waals surface area contributed by atoms with E-state index in [-0.39, 0.29) is 17.4 Å². The van der Waals surface area contributed by atoms with Crippen LogP contribution in [0.3, 0.4) is 0 Å². The summed E-state index contributed by atoms with van der Waals surface area (Å²) in [6, 6.07) is 2.21. The molecule has 0 bridgehead atoms. The minimum Gasteiger partial charge on any atom is -0.357 e. The molecular weight excluding hydrogens is 248 g/mol. The molecule has 0 aliphatic heterocycles. The van der Waals surface area contributed by atoms with E-state index in [4.69, 9.17) is 0 Å². The zero-order valence-electron chi connectivity index (χ0n) is 11.4. The second-order valence-corrected chi connectivity index (χ2v) is 5.19. The van der Waals surface area contributed by atoms with Crippen molar-refractivity contribution in [3.63, 3.8) is 0 Å². The van der Waals surface area contributed by atoms with Gasteiger partial charge in [-0.05, 0) is 11.5 Å². The highest BCUT2D eigenvalue weighted by Gasteiger charge is 2.32. The Labute approximate surface area is 111 Å². The van der Waals surface area contributed by atoms with Gasteiger partial charge in [0.15, 0.2) is 0 Å². The Kier molecular flexibility index (Phi) is 4.42. The molecule has 0 aromatic carbocycles. The Balaban J connectivity index is 3.11. The maximum absolute atomic E-state index is 11.9. The number of rotatable bonds is 4. The lowest BCUT2D eigenvalue weighted by molar-refractivity contribution is -0.384. The SMILES string of the molecule is CNC(=O)[C@H](Nc1ncccc1[N+](=O)[O-])C(C)(C)C. The molecule has 0 radical (unpaired) electrons. The number of nitrogens with one attached hydrogen (secondary N) is 2. The lowest BCUT2D eigenvalue weighted by Gasteiger charge is -2.30. The van der Waals surface area contributed by atoms with Gasteiger partial charge in [-0.25, -0.2) is 4.98 Å². The van der Waals surface area contributed by atoms with Crippen molar-refractivity contribution in [2.75, 3.05) is 12.4 Å². The second kappa shape index (κ2) is 5.64. The van der Waals surface area contributed by atoms with Crippen LogP contribution in [0, 0.1) is 15.5 Å². The summed E-state index contributed by atoms with van der Waals surface area (Å²) in [7, 11) is 1.52. The van der Waals surface area contributed by atoms with E-state index in [1.807, 2.05) is 20.8 Å². The summed E-state index contributed by atoms with van der Waals surface area (Å²) in [4.78, 5) is 26.2. The van der Waals surface area contributed by atoms with Gasteiger partial charge < -0.3 is 10.6 Å². The third kappa shape index (κ3) is 3.64. The average molecular weight is 266 g/mol. The minimum atomic E-state index is -0.619. The van der Waals surface area contributed by atoms with Gasteiger partial charge in [0.05, 0.1) is 4.92 Å². The van der Waals surface area contributed by atoms with Gasteiger partial charge in [-0.2, -0.15) is 0 Å². The Bertz CT molecular complexity index is 482. The Morgan fingerprint density at radius 2 is 2.11 bits per heavy atom. The van der Waals surface area contributed by atoms with E-state index >= 15 is 0 Å². The standard InChI is InChI=1S/C12H18N4O3/c1-12(2,3)9(11(17)13-4)15-10-8(16(18)19)6-5-7-14-10/h5-7,9H,1-4H3,(H,13,17)(H,14,15)/t9-/m0/s1. The Morgan fingerprint density at radius 1 is 1.47 bits per heavy atom. The summed E-state index contributed by atoms with van der Waals surface area (Å²) in [5.41, 5.74) is -0.563. The molecule has 7 nitrogen and oxygen atoms in total. The van der Waals surface area contributed by atoms with Crippen LogP contribution in [0.1, 0.15) is 20.8 Å². The summed E-state index contributed by atoms with van der Waals surface area (Å²) in [6.07, 6.45) is 1.44. The Morgan fingerprint density at radius 3 is 2.58 bits per heavy atom. The number of nitro groups is 1. The zero-order chi connectivity index (χ0) is 14.6. The van der Waals surface area contributed by atoms with Gasteiger partial charge in [-0.1, -0.05) is 20.8 Å². The fraction of sp³-hybridized carbons (Fsp3) is 0.500. The van der Waals surface area contributed by atoms with Crippen LogP contribution >= 0.6 is 0 Å². The molecule has 1 atom stereocenters. The molecule has 0 spiro atoms. The number of likely N-dealkylation sites (N-methyl/N-ethyl adjacent to an activating group) is 1. The van der Waals surface area contributed by atoms with Crippen LogP contribution in [0.25, 0.3) is 0 Å². The molecule has 1 heterocycles. The van der Waals surface area contributed by atoms with Crippen LogP contribution in [-0.4, -0.2) is 28.9 Å². The van der Waals surface area contributed by atoms with Crippen LogP contribution < -0.4 is 10.6 Å². The van der Waals surface area contributed by atoms with Crippen molar-refractivity contribution in [3.05, 3.63) is 28.4 Å². The molecular formula is C12H18N4O3. The van der Waals surface area contributed by atoms with Crippen molar-refractivity contribution < 1.29 is 9.72 Å². The topological polar surface area (TPSA) is 97.2 Å². The third-order valence-corrected chi connectivity index (χ3v) is 2.64. The predicted octanol–water partition coefficient (Wildman–Crippen LogP) is 1.56. The Hall–Kier alpha value is -2.18. The lowest BCUT2D eigenvalue weighted by Crippen LogP contribution is -2.46. The van der Waals surface area contributed by atoms with E-state index in [9.17, 15) is 14.9 Å². The smallest absolute Gasteiger partial charge is 0.311 e. The summed E-state index contributed by atoms with van der Waals surface area (Å²) >= 11 is 0. The van der Waals surface area contributed by atoms with Crippen LogP contribution in [0.4, 0.5) is 11.5 Å². The van der Waals surface area contributed by atoms with Gasteiger partial charge in [-0.3, -0.25) is 14.9 Å². The molecule has 0 aliphatic carbocycles. The summed E-state index contributed by atoms with van der Waals surface area (Å²) < 4.78 is 0. The highest BCUT2D eigenvalue weighted by Crippen LogP contribution is 2.27. The van der Waals surface area contributed by atoms with Crippen LogP contribution in [0.15, 0.2) is 18.3 Å². The number of amides is 1. The predicted molar refractivity (Wildman–Crippen MR) is 71.8 cm³/mol. The normalized spacial score (nSPS) is 12.6. The molecule has 0 unspecified atom stereocenters. The first-order chi connectivity index (χ1) is 8.77. The van der Waals surface area contributed by atoms with Crippen LogP contribution in [-0.2, 0) is 4.79 Å². The summed E-state index contributed by atoms with van der Waals surface area (Å²) in [5, 5.41) is 16.3. The van der Waals surface area contributed by atoms with E-state index in [1.54, 1.807) is 0 Å². The molecule has 0 saturated carbocycles. The fourth-order valence-electron chi connectivity index (χ4n) is 1.61. The molecule has 1 aromatic rings. The first-order valence-corrected chi connectivity index (χ1v) is 5.85. The number of anilines is 1. The number of hydrogen-bond acceptors (Lipinski definition) is 5. The van der Waals surface area contributed by atoms with Crippen molar-refractivity contribution in [1.29, 1.82) is 0 Å². The molecule has 19 heavy (non-hydrogen) atoms. The molecule has 0 fully saturated rings. The van der Waals surface area contributed by atoms with Crippen molar-refractivity contribution in [2.45, 2.75) is 26.8 Å². The summed E-state index contributed by atoms with van der Waals surface area (Å²) in [6.45, 7) is 5.61. The zero-order valence-corrected chi connectivity index (χ0v) is 11.4. The van der Waals surface area contributed by atoms with Gasteiger partial charge in [0.1, 0.15) is 6.04 Å².